The summed E-state index contributed by atoms with van der Waals surface area (Å²) in [6.07, 6.45) is -0.467. The molecule has 0 aromatic heterocycles. The Morgan fingerprint density at radius 1 is 0.955 bits per heavy atom. The van der Waals surface area contributed by atoms with Gasteiger partial charge in [-0.1, -0.05) is 30.3 Å². The van der Waals surface area contributed by atoms with E-state index in [9.17, 15) is 4.79 Å². The van der Waals surface area contributed by atoms with Crippen LogP contribution in [0.5, 0.6) is 11.5 Å². The van der Waals surface area contributed by atoms with E-state index >= 15 is 0 Å². The molecular formula is C17H19NO4. The molecule has 116 valence electrons. The molecule has 0 atom stereocenters. The van der Waals surface area contributed by atoms with Gasteiger partial charge in [-0.2, -0.15) is 0 Å². The van der Waals surface area contributed by atoms with Crippen LogP contribution in [0.3, 0.4) is 0 Å². The fourth-order valence-corrected chi connectivity index (χ4v) is 1.92. The molecule has 2 rings (SSSR count). The predicted octanol–water partition coefficient (Wildman–Crippen LogP) is 3.13. The largest absolute Gasteiger partial charge is 0.497 e. The van der Waals surface area contributed by atoms with Gasteiger partial charge in [0.25, 0.3) is 0 Å². The zero-order valence-electron chi connectivity index (χ0n) is 12.7. The third-order valence-electron chi connectivity index (χ3n) is 3.06. The molecule has 0 spiro atoms. The van der Waals surface area contributed by atoms with E-state index < -0.39 is 6.09 Å². The van der Waals surface area contributed by atoms with Crippen molar-refractivity contribution in [1.82, 2.24) is 5.32 Å². The Bertz CT molecular complexity index is 591. The number of ether oxygens (including phenoxy) is 3. The van der Waals surface area contributed by atoms with Crippen molar-refractivity contribution in [3.05, 3.63) is 59.7 Å². The molecule has 0 heterocycles. The second-order valence-electron chi connectivity index (χ2n) is 4.64. The minimum Gasteiger partial charge on any atom is -0.497 e. The van der Waals surface area contributed by atoms with Gasteiger partial charge in [0, 0.05) is 12.6 Å². The molecular weight excluding hydrogens is 282 g/mol. The first kappa shape index (κ1) is 15.7. The monoisotopic (exact) mass is 301 g/mol. The van der Waals surface area contributed by atoms with Crippen LogP contribution >= 0.6 is 0 Å². The van der Waals surface area contributed by atoms with Gasteiger partial charge in [0.05, 0.1) is 14.2 Å². The Kier molecular flexibility index (Phi) is 5.65. The van der Waals surface area contributed by atoms with Gasteiger partial charge in [-0.15, -0.1) is 0 Å². The molecule has 0 aliphatic heterocycles. The summed E-state index contributed by atoms with van der Waals surface area (Å²) in [5.74, 6) is 1.31. The van der Waals surface area contributed by atoms with E-state index in [-0.39, 0.29) is 6.61 Å². The summed E-state index contributed by atoms with van der Waals surface area (Å²) in [6.45, 7) is 0.579. The van der Waals surface area contributed by atoms with Crippen molar-refractivity contribution < 1.29 is 19.0 Å². The summed E-state index contributed by atoms with van der Waals surface area (Å²) >= 11 is 0. The number of carbonyl (C=O) groups is 1. The Hall–Kier alpha value is -2.69. The first-order chi connectivity index (χ1) is 10.7. The van der Waals surface area contributed by atoms with Crippen molar-refractivity contribution in [2.75, 3.05) is 14.2 Å². The van der Waals surface area contributed by atoms with E-state index in [0.717, 1.165) is 11.1 Å². The highest BCUT2D eigenvalue weighted by Crippen LogP contribution is 2.22. The van der Waals surface area contributed by atoms with E-state index in [0.29, 0.717) is 18.0 Å². The summed E-state index contributed by atoms with van der Waals surface area (Å²) in [6, 6.07) is 15.0. The normalized spacial score (nSPS) is 9.91. The lowest BCUT2D eigenvalue weighted by atomic mass is 10.2. The molecule has 0 aliphatic rings. The van der Waals surface area contributed by atoms with E-state index in [4.69, 9.17) is 14.2 Å². The molecule has 2 aromatic rings. The van der Waals surface area contributed by atoms with Gasteiger partial charge >= 0.3 is 6.09 Å². The number of amides is 1. The fraction of sp³-hybridized carbons (Fsp3) is 0.235. The molecule has 0 fully saturated rings. The second kappa shape index (κ2) is 7.93. The lowest BCUT2D eigenvalue weighted by Gasteiger charge is -2.10. The van der Waals surface area contributed by atoms with Crippen LogP contribution in [0.15, 0.2) is 48.5 Å². The fourth-order valence-electron chi connectivity index (χ4n) is 1.92. The SMILES string of the molecule is COc1cc(COC(=O)NCc2ccccc2)cc(OC)c1. The van der Waals surface area contributed by atoms with Crippen LogP contribution in [-0.2, 0) is 17.9 Å². The molecule has 0 saturated heterocycles. The maximum atomic E-state index is 11.7. The Morgan fingerprint density at radius 2 is 1.59 bits per heavy atom. The number of hydrogen-bond donors (Lipinski definition) is 1. The van der Waals surface area contributed by atoms with Crippen molar-refractivity contribution in [3.8, 4) is 11.5 Å². The van der Waals surface area contributed by atoms with Crippen molar-refractivity contribution in [1.29, 1.82) is 0 Å². The molecule has 22 heavy (non-hydrogen) atoms. The van der Waals surface area contributed by atoms with Gasteiger partial charge in [-0.3, -0.25) is 0 Å². The average Bonchev–Trinajstić information content (AvgIpc) is 2.58. The minimum absolute atomic E-state index is 0.147. The number of alkyl carbamates (subject to hydrolysis) is 1. The van der Waals surface area contributed by atoms with Gasteiger partial charge in [-0.25, -0.2) is 4.79 Å². The lowest BCUT2D eigenvalue weighted by molar-refractivity contribution is 0.139. The van der Waals surface area contributed by atoms with Crippen molar-refractivity contribution in [2.24, 2.45) is 0 Å². The second-order valence-corrected chi connectivity index (χ2v) is 4.64. The molecule has 0 aliphatic carbocycles. The first-order valence-corrected chi connectivity index (χ1v) is 6.88. The molecule has 5 nitrogen and oxygen atoms in total. The van der Waals surface area contributed by atoms with Crippen LogP contribution in [-0.4, -0.2) is 20.3 Å². The van der Waals surface area contributed by atoms with Gasteiger partial charge in [0.1, 0.15) is 18.1 Å². The molecule has 0 bridgehead atoms. The highest BCUT2D eigenvalue weighted by atomic mass is 16.5. The minimum atomic E-state index is -0.467. The van der Waals surface area contributed by atoms with Gasteiger partial charge in [0.2, 0.25) is 0 Å². The molecule has 0 radical (unpaired) electrons. The summed E-state index contributed by atoms with van der Waals surface area (Å²) in [4.78, 5) is 11.7. The van der Waals surface area contributed by atoms with Crippen molar-refractivity contribution >= 4 is 6.09 Å². The molecule has 1 N–H and O–H groups in total. The zero-order chi connectivity index (χ0) is 15.8. The van der Waals surface area contributed by atoms with Crippen LogP contribution in [0, 0.1) is 0 Å². The Morgan fingerprint density at radius 3 is 2.18 bits per heavy atom. The summed E-state index contributed by atoms with van der Waals surface area (Å²) in [7, 11) is 3.15. The molecule has 5 heteroatoms. The smallest absolute Gasteiger partial charge is 0.407 e. The summed E-state index contributed by atoms with van der Waals surface area (Å²) in [5, 5.41) is 2.70. The van der Waals surface area contributed by atoms with Gasteiger partial charge in [-0.05, 0) is 23.3 Å². The number of carbonyl (C=O) groups excluding carboxylic acids is 1. The molecule has 0 saturated carbocycles. The van der Waals surface area contributed by atoms with E-state index in [1.165, 1.54) is 0 Å². The Labute approximate surface area is 129 Å². The van der Waals surface area contributed by atoms with Crippen LogP contribution in [0.4, 0.5) is 4.79 Å². The predicted molar refractivity (Wildman–Crippen MR) is 83.0 cm³/mol. The summed E-state index contributed by atoms with van der Waals surface area (Å²) < 4.78 is 15.5. The van der Waals surface area contributed by atoms with E-state index in [1.807, 2.05) is 30.3 Å². The Balaban J connectivity index is 1.85. The number of hydrogen-bond acceptors (Lipinski definition) is 4. The van der Waals surface area contributed by atoms with E-state index in [2.05, 4.69) is 5.32 Å². The number of methoxy groups -OCH3 is 2. The van der Waals surface area contributed by atoms with Crippen molar-refractivity contribution in [2.45, 2.75) is 13.2 Å². The highest BCUT2D eigenvalue weighted by Gasteiger charge is 2.06. The first-order valence-electron chi connectivity index (χ1n) is 6.88. The van der Waals surface area contributed by atoms with Crippen molar-refractivity contribution in [3.63, 3.8) is 0 Å². The topological polar surface area (TPSA) is 56.8 Å². The molecule has 0 unspecified atom stereocenters. The number of nitrogens with one attached hydrogen (secondary N) is 1. The standard InChI is InChI=1S/C17H19NO4/c1-20-15-8-14(9-16(10-15)21-2)12-22-17(19)18-11-13-6-4-3-5-7-13/h3-10H,11-12H2,1-2H3,(H,18,19). The number of benzene rings is 2. The quantitative estimate of drug-likeness (QED) is 0.890. The van der Waals surface area contributed by atoms with Crippen LogP contribution in [0.25, 0.3) is 0 Å². The molecule has 1 amide bonds. The van der Waals surface area contributed by atoms with E-state index in [1.54, 1.807) is 32.4 Å². The van der Waals surface area contributed by atoms with Gasteiger partial charge in [0.15, 0.2) is 0 Å². The van der Waals surface area contributed by atoms with Crippen LogP contribution in [0.2, 0.25) is 0 Å². The zero-order valence-corrected chi connectivity index (χ0v) is 12.7. The third kappa shape index (κ3) is 4.70. The summed E-state index contributed by atoms with van der Waals surface area (Å²) in [5.41, 5.74) is 1.81. The van der Waals surface area contributed by atoms with Gasteiger partial charge < -0.3 is 19.5 Å². The van der Waals surface area contributed by atoms with Crippen LogP contribution in [0.1, 0.15) is 11.1 Å². The van der Waals surface area contributed by atoms with Crippen LogP contribution < -0.4 is 14.8 Å². The maximum absolute atomic E-state index is 11.7. The third-order valence-corrected chi connectivity index (χ3v) is 3.06. The lowest BCUT2D eigenvalue weighted by Crippen LogP contribution is -2.23. The number of rotatable bonds is 6. The highest BCUT2D eigenvalue weighted by molar-refractivity contribution is 5.67. The average molecular weight is 301 g/mol. The molecule has 2 aromatic carbocycles. The maximum Gasteiger partial charge on any atom is 0.407 e.